The Hall–Kier alpha value is -2.07. The smallest absolute Gasteiger partial charge is 0.137 e. The minimum Gasteiger partial charge on any atom is -0.492 e. The normalized spacial score (nSPS) is 11.9. The fourth-order valence-corrected chi connectivity index (χ4v) is 2.09. The van der Waals surface area contributed by atoms with E-state index in [9.17, 15) is 0 Å². The summed E-state index contributed by atoms with van der Waals surface area (Å²) in [5.74, 6) is 1.66. The van der Waals surface area contributed by atoms with Crippen molar-refractivity contribution in [3.63, 3.8) is 0 Å². The van der Waals surface area contributed by atoms with Gasteiger partial charge in [0.25, 0.3) is 0 Å². The number of likely N-dealkylation sites (N-methyl/N-ethyl adjacent to an activating group) is 1. The van der Waals surface area contributed by atoms with Crippen molar-refractivity contribution in [1.29, 1.82) is 0 Å². The average molecular weight is 286 g/mol. The molecule has 2 rings (SSSR count). The SMILES string of the molecule is CCNC(COc1ccccc1)c1cncc(OCC)c1. The Balaban J connectivity index is 2.05. The van der Waals surface area contributed by atoms with Crippen molar-refractivity contribution in [1.82, 2.24) is 10.3 Å². The van der Waals surface area contributed by atoms with Gasteiger partial charge in [0.2, 0.25) is 0 Å². The van der Waals surface area contributed by atoms with Crippen molar-refractivity contribution in [2.24, 2.45) is 0 Å². The van der Waals surface area contributed by atoms with Gasteiger partial charge in [-0.1, -0.05) is 25.1 Å². The highest BCUT2D eigenvalue weighted by Crippen LogP contribution is 2.19. The molecule has 0 aliphatic carbocycles. The van der Waals surface area contributed by atoms with Crippen molar-refractivity contribution in [2.45, 2.75) is 19.9 Å². The van der Waals surface area contributed by atoms with E-state index in [4.69, 9.17) is 9.47 Å². The van der Waals surface area contributed by atoms with Crippen LogP contribution in [0.2, 0.25) is 0 Å². The second-order valence-corrected chi connectivity index (χ2v) is 4.62. The van der Waals surface area contributed by atoms with Gasteiger partial charge in [0.05, 0.1) is 18.8 Å². The van der Waals surface area contributed by atoms with Crippen LogP contribution in [0.5, 0.6) is 11.5 Å². The van der Waals surface area contributed by atoms with E-state index in [-0.39, 0.29) is 6.04 Å². The molecule has 0 saturated carbocycles. The van der Waals surface area contributed by atoms with Crippen molar-refractivity contribution in [3.05, 3.63) is 54.4 Å². The van der Waals surface area contributed by atoms with Crippen LogP contribution in [0.4, 0.5) is 0 Å². The molecule has 4 nitrogen and oxygen atoms in total. The molecule has 1 unspecified atom stereocenters. The summed E-state index contributed by atoms with van der Waals surface area (Å²) in [6.45, 7) is 6.09. The predicted molar refractivity (Wildman–Crippen MR) is 83.8 cm³/mol. The van der Waals surface area contributed by atoms with E-state index in [1.165, 1.54) is 0 Å². The first-order valence-electron chi connectivity index (χ1n) is 7.32. The Labute approximate surface area is 126 Å². The van der Waals surface area contributed by atoms with Gasteiger partial charge in [-0.05, 0) is 37.2 Å². The van der Waals surface area contributed by atoms with Gasteiger partial charge in [-0.25, -0.2) is 0 Å². The van der Waals surface area contributed by atoms with Crippen LogP contribution in [0.25, 0.3) is 0 Å². The van der Waals surface area contributed by atoms with Crippen molar-refractivity contribution in [2.75, 3.05) is 19.8 Å². The molecule has 0 spiro atoms. The van der Waals surface area contributed by atoms with E-state index >= 15 is 0 Å². The lowest BCUT2D eigenvalue weighted by Gasteiger charge is -2.19. The zero-order chi connectivity index (χ0) is 14.9. The summed E-state index contributed by atoms with van der Waals surface area (Å²) < 4.78 is 11.4. The topological polar surface area (TPSA) is 43.4 Å². The van der Waals surface area contributed by atoms with Gasteiger partial charge >= 0.3 is 0 Å². The fraction of sp³-hybridized carbons (Fsp3) is 0.353. The second kappa shape index (κ2) is 8.27. The van der Waals surface area contributed by atoms with Gasteiger partial charge in [-0.3, -0.25) is 4.98 Å². The Bertz CT molecular complexity index is 531. The van der Waals surface area contributed by atoms with Crippen LogP contribution in [-0.2, 0) is 0 Å². The van der Waals surface area contributed by atoms with Crippen LogP contribution in [0, 0.1) is 0 Å². The van der Waals surface area contributed by atoms with E-state index < -0.39 is 0 Å². The van der Waals surface area contributed by atoms with Crippen LogP contribution >= 0.6 is 0 Å². The molecule has 1 heterocycles. The molecule has 21 heavy (non-hydrogen) atoms. The molecule has 0 radical (unpaired) electrons. The summed E-state index contributed by atoms with van der Waals surface area (Å²) >= 11 is 0. The summed E-state index contributed by atoms with van der Waals surface area (Å²) in [7, 11) is 0. The third-order valence-corrected chi connectivity index (χ3v) is 3.06. The summed E-state index contributed by atoms with van der Waals surface area (Å²) in [5, 5.41) is 3.42. The number of para-hydroxylation sites is 1. The number of hydrogen-bond acceptors (Lipinski definition) is 4. The number of ether oxygens (including phenoxy) is 2. The molecule has 4 heteroatoms. The Morgan fingerprint density at radius 3 is 2.57 bits per heavy atom. The molecular formula is C17H22N2O2. The first-order chi connectivity index (χ1) is 10.3. The van der Waals surface area contributed by atoms with Gasteiger partial charge in [-0.15, -0.1) is 0 Å². The van der Waals surface area contributed by atoms with E-state index in [0.717, 1.165) is 23.6 Å². The lowest BCUT2D eigenvalue weighted by Crippen LogP contribution is -2.26. The lowest BCUT2D eigenvalue weighted by atomic mass is 10.1. The number of rotatable bonds is 8. The van der Waals surface area contributed by atoms with E-state index in [0.29, 0.717) is 13.2 Å². The molecule has 1 atom stereocenters. The molecule has 1 N–H and O–H groups in total. The zero-order valence-corrected chi connectivity index (χ0v) is 12.6. The minimum atomic E-state index is 0.0862. The standard InChI is InChI=1S/C17H22N2O2/c1-3-19-17(13-21-15-8-6-5-7-9-15)14-10-16(20-4-2)12-18-11-14/h5-12,17,19H,3-4,13H2,1-2H3. The van der Waals surface area contributed by atoms with Gasteiger partial charge < -0.3 is 14.8 Å². The maximum Gasteiger partial charge on any atom is 0.137 e. The molecule has 0 aliphatic heterocycles. The maximum absolute atomic E-state index is 5.84. The number of pyridine rings is 1. The highest BCUT2D eigenvalue weighted by Gasteiger charge is 2.12. The number of nitrogens with zero attached hydrogens (tertiary/aromatic N) is 1. The number of nitrogens with one attached hydrogen (secondary N) is 1. The van der Waals surface area contributed by atoms with Gasteiger partial charge in [0, 0.05) is 6.20 Å². The Morgan fingerprint density at radius 2 is 1.86 bits per heavy atom. The molecule has 0 amide bonds. The first-order valence-corrected chi connectivity index (χ1v) is 7.32. The van der Waals surface area contributed by atoms with Gasteiger partial charge in [0.1, 0.15) is 18.1 Å². The Morgan fingerprint density at radius 1 is 1.05 bits per heavy atom. The van der Waals surface area contributed by atoms with Crippen LogP contribution < -0.4 is 14.8 Å². The van der Waals surface area contributed by atoms with Crippen molar-refractivity contribution < 1.29 is 9.47 Å². The molecule has 0 saturated heterocycles. The first kappa shape index (κ1) is 15.3. The van der Waals surface area contributed by atoms with E-state index in [1.54, 1.807) is 6.20 Å². The lowest BCUT2D eigenvalue weighted by molar-refractivity contribution is 0.267. The number of benzene rings is 1. The van der Waals surface area contributed by atoms with Crippen LogP contribution in [0.3, 0.4) is 0 Å². The van der Waals surface area contributed by atoms with E-state index in [2.05, 4.69) is 17.2 Å². The largest absolute Gasteiger partial charge is 0.492 e. The molecule has 2 aromatic rings. The quantitative estimate of drug-likeness (QED) is 0.809. The summed E-state index contributed by atoms with van der Waals surface area (Å²) in [6.07, 6.45) is 3.58. The van der Waals surface area contributed by atoms with Crippen LogP contribution in [0.15, 0.2) is 48.8 Å². The third-order valence-electron chi connectivity index (χ3n) is 3.06. The molecule has 1 aromatic heterocycles. The third kappa shape index (κ3) is 4.76. The fourth-order valence-electron chi connectivity index (χ4n) is 2.09. The van der Waals surface area contributed by atoms with Crippen molar-refractivity contribution in [3.8, 4) is 11.5 Å². The van der Waals surface area contributed by atoms with E-state index in [1.807, 2.05) is 49.5 Å². The maximum atomic E-state index is 5.84. The minimum absolute atomic E-state index is 0.0862. The van der Waals surface area contributed by atoms with Gasteiger partial charge in [0.15, 0.2) is 0 Å². The average Bonchev–Trinajstić information content (AvgIpc) is 2.53. The molecule has 0 bridgehead atoms. The highest BCUT2D eigenvalue weighted by molar-refractivity contribution is 5.27. The van der Waals surface area contributed by atoms with Crippen LogP contribution in [-0.4, -0.2) is 24.7 Å². The van der Waals surface area contributed by atoms with Gasteiger partial charge in [-0.2, -0.15) is 0 Å². The second-order valence-electron chi connectivity index (χ2n) is 4.62. The Kier molecular flexibility index (Phi) is 6.03. The summed E-state index contributed by atoms with van der Waals surface area (Å²) in [4.78, 5) is 4.24. The highest BCUT2D eigenvalue weighted by atomic mass is 16.5. The van der Waals surface area contributed by atoms with Crippen LogP contribution in [0.1, 0.15) is 25.5 Å². The molecule has 112 valence electrons. The monoisotopic (exact) mass is 286 g/mol. The number of aromatic nitrogens is 1. The van der Waals surface area contributed by atoms with Crippen molar-refractivity contribution >= 4 is 0 Å². The predicted octanol–water partition coefficient (Wildman–Crippen LogP) is 3.21. The molecule has 0 aliphatic rings. The molecule has 1 aromatic carbocycles. The molecule has 0 fully saturated rings. The summed E-state index contributed by atoms with van der Waals surface area (Å²) in [6, 6.07) is 11.9. The number of hydrogen-bond donors (Lipinski definition) is 1. The summed E-state index contributed by atoms with van der Waals surface area (Å²) in [5.41, 5.74) is 1.07. The molecular weight excluding hydrogens is 264 g/mol. The zero-order valence-electron chi connectivity index (χ0n) is 12.6.